The molecule has 0 saturated carbocycles. The van der Waals surface area contributed by atoms with Crippen molar-refractivity contribution in [2.24, 2.45) is 0 Å². The van der Waals surface area contributed by atoms with Crippen LogP contribution in [0.25, 0.3) is 22.8 Å². The second kappa shape index (κ2) is 9.53. The van der Waals surface area contributed by atoms with Gasteiger partial charge in [-0.3, -0.25) is 0 Å². The van der Waals surface area contributed by atoms with Gasteiger partial charge in [-0.05, 0) is 55.0 Å². The van der Waals surface area contributed by atoms with E-state index in [1.165, 1.54) is 25.7 Å². The molecule has 0 radical (unpaired) electrons. The molecule has 5 heteroatoms. The quantitative estimate of drug-likeness (QED) is 0.374. The molecule has 0 spiro atoms. The summed E-state index contributed by atoms with van der Waals surface area (Å²) >= 11 is 3.42. The first-order valence-corrected chi connectivity index (χ1v) is 9.88. The van der Waals surface area contributed by atoms with E-state index in [1.54, 1.807) is 0 Å². The Morgan fingerprint density at radius 1 is 0.885 bits per heavy atom. The third-order valence-electron chi connectivity index (χ3n) is 4.15. The lowest BCUT2D eigenvalue weighted by molar-refractivity contribution is 0.304. The Bertz CT molecular complexity index is 798. The second-order valence-corrected chi connectivity index (χ2v) is 7.13. The minimum Gasteiger partial charge on any atom is -0.494 e. The van der Waals surface area contributed by atoms with Crippen LogP contribution in [0.15, 0.2) is 57.5 Å². The molecule has 0 bridgehead atoms. The monoisotopic (exact) mass is 414 g/mol. The molecule has 1 heterocycles. The van der Waals surface area contributed by atoms with E-state index < -0.39 is 0 Å². The van der Waals surface area contributed by atoms with Crippen molar-refractivity contribution in [3.63, 3.8) is 0 Å². The minimum atomic E-state index is 0.514. The van der Waals surface area contributed by atoms with E-state index in [0.29, 0.717) is 11.7 Å². The summed E-state index contributed by atoms with van der Waals surface area (Å²) < 4.78 is 12.2. The van der Waals surface area contributed by atoms with Crippen LogP contribution in [0.1, 0.15) is 39.0 Å². The number of aromatic nitrogens is 2. The largest absolute Gasteiger partial charge is 0.494 e. The summed E-state index contributed by atoms with van der Waals surface area (Å²) in [6.45, 7) is 2.99. The maximum atomic E-state index is 5.79. The molecule has 2 aromatic carbocycles. The van der Waals surface area contributed by atoms with Crippen molar-refractivity contribution in [1.82, 2.24) is 10.1 Å². The van der Waals surface area contributed by atoms with E-state index in [9.17, 15) is 0 Å². The predicted molar refractivity (Wildman–Crippen MR) is 107 cm³/mol. The van der Waals surface area contributed by atoms with Gasteiger partial charge in [-0.1, -0.05) is 53.7 Å². The van der Waals surface area contributed by atoms with Gasteiger partial charge in [-0.25, -0.2) is 0 Å². The number of hydrogen-bond donors (Lipinski definition) is 0. The molecule has 3 rings (SSSR count). The summed E-state index contributed by atoms with van der Waals surface area (Å²) in [5.41, 5.74) is 1.81. The molecule has 0 N–H and O–H groups in total. The fraction of sp³-hybridized carbons (Fsp3) is 0.333. The number of rotatable bonds is 9. The van der Waals surface area contributed by atoms with E-state index in [4.69, 9.17) is 9.26 Å². The lowest BCUT2D eigenvalue weighted by atomic mass is 10.2. The second-order valence-electron chi connectivity index (χ2n) is 6.22. The molecule has 3 aromatic rings. The zero-order valence-corrected chi connectivity index (χ0v) is 16.5. The van der Waals surface area contributed by atoms with Gasteiger partial charge in [0.25, 0.3) is 5.89 Å². The SMILES string of the molecule is CCCCCCCOc1ccc(-c2noc(-c3ccc(Br)cc3)n2)cc1. The Hall–Kier alpha value is -2.14. The first-order valence-electron chi connectivity index (χ1n) is 9.09. The molecule has 0 fully saturated rings. The molecule has 0 unspecified atom stereocenters. The number of halogens is 1. The number of unbranched alkanes of at least 4 members (excludes halogenated alkanes) is 4. The molecule has 1 aromatic heterocycles. The predicted octanol–water partition coefficient (Wildman–Crippen LogP) is 6.52. The van der Waals surface area contributed by atoms with E-state index in [0.717, 1.165) is 34.4 Å². The van der Waals surface area contributed by atoms with E-state index in [1.807, 2.05) is 48.5 Å². The molecule has 0 aliphatic rings. The van der Waals surface area contributed by atoms with Gasteiger partial charge >= 0.3 is 0 Å². The topological polar surface area (TPSA) is 48.2 Å². The Balaban J connectivity index is 1.56. The fourth-order valence-electron chi connectivity index (χ4n) is 2.65. The van der Waals surface area contributed by atoms with E-state index in [-0.39, 0.29) is 0 Å². The molecular weight excluding hydrogens is 392 g/mol. The van der Waals surface area contributed by atoms with Gasteiger partial charge in [-0.2, -0.15) is 4.98 Å². The zero-order chi connectivity index (χ0) is 18.2. The standard InChI is InChI=1S/C21H23BrN2O2/c1-2-3-4-5-6-15-25-19-13-9-16(10-14-19)20-23-21(26-24-20)17-7-11-18(22)12-8-17/h7-14H,2-6,15H2,1H3. The maximum absolute atomic E-state index is 5.79. The summed E-state index contributed by atoms with van der Waals surface area (Å²) in [5, 5.41) is 4.08. The maximum Gasteiger partial charge on any atom is 0.258 e. The van der Waals surface area contributed by atoms with Crippen LogP contribution in [-0.2, 0) is 0 Å². The van der Waals surface area contributed by atoms with Gasteiger partial charge in [0, 0.05) is 15.6 Å². The van der Waals surface area contributed by atoms with Crippen molar-refractivity contribution in [2.75, 3.05) is 6.61 Å². The summed E-state index contributed by atoms with van der Waals surface area (Å²) in [7, 11) is 0. The van der Waals surface area contributed by atoms with Crippen LogP contribution in [0, 0.1) is 0 Å². The molecule has 0 aliphatic heterocycles. The highest BCUT2D eigenvalue weighted by Crippen LogP contribution is 2.25. The lowest BCUT2D eigenvalue weighted by Crippen LogP contribution is -1.97. The fourth-order valence-corrected chi connectivity index (χ4v) is 2.91. The van der Waals surface area contributed by atoms with Crippen LogP contribution < -0.4 is 4.74 Å². The first-order chi connectivity index (χ1) is 12.8. The average molecular weight is 415 g/mol. The molecule has 0 saturated heterocycles. The Kier molecular flexibility index (Phi) is 6.83. The number of hydrogen-bond acceptors (Lipinski definition) is 4. The third kappa shape index (κ3) is 5.18. The third-order valence-corrected chi connectivity index (χ3v) is 4.67. The summed E-state index contributed by atoms with van der Waals surface area (Å²) in [6.07, 6.45) is 6.19. The van der Waals surface area contributed by atoms with Crippen LogP contribution in [0.3, 0.4) is 0 Å². The van der Waals surface area contributed by atoms with E-state index in [2.05, 4.69) is 33.0 Å². The van der Waals surface area contributed by atoms with Gasteiger partial charge in [0.05, 0.1) is 6.61 Å². The van der Waals surface area contributed by atoms with Gasteiger partial charge in [0.2, 0.25) is 5.82 Å². The molecule has 0 aliphatic carbocycles. The molecule has 0 atom stereocenters. The Labute approximate surface area is 162 Å². The average Bonchev–Trinajstić information content (AvgIpc) is 3.16. The van der Waals surface area contributed by atoms with Gasteiger partial charge in [-0.15, -0.1) is 0 Å². The summed E-state index contributed by atoms with van der Waals surface area (Å²) in [6, 6.07) is 15.6. The molecule has 136 valence electrons. The number of ether oxygens (including phenoxy) is 1. The van der Waals surface area contributed by atoms with Gasteiger partial charge < -0.3 is 9.26 Å². The zero-order valence-electron chi connectivity index (χ0n) is 15.0. The highest BCUT2D eigenvalue weighted by molar-refractivity contribution is 9.10. The van der Waals surface area contributed by atoms with Crippen LogP contribution >= 0.6 is 15.9 Å². The smallest absolute Gasteiger partial charge is 0.258 e. The van der Waals surface area contributed by atoms with Crippen molar-refractivity contribution >= 4 is 15.9 Å². The minimum absolute atomic E-state index is 0.514. The number of nitrogens with zero attached hydrogens (tertiary/aromatic N) is 2. The number of benzene rings is 2. The highest BCUT2D eigenvalue weighted by Gasteiger charge is 2.10. The Morgan fingerprint density at radius 2 is 1.58 bits per heavy atom. The molecule has 4 nitrogen and oxygen atoms in total. The normalized spacial score (nSPS) is 10.8. The van der Waals surface area contributed by atoms with Gasteiger partial charge in [0.15, 0.2) is 0 Å². The van der Waals surface area contributed by atoms with Crippen LogP contribution in [0.5, 0.6) is 5.75 Å². The summed E-state index contributed by atoms with van der Waals surface area (Å²) in [5.74, 6) is 1.97. The van der Waals surface area contributed by atoms with Crippen LogP contribution in [-0.4, -0.2) is 16.7 Å². The Morgan fingerprint density at radius 3 is 2.31 bits per heavy atom. The molecular formula is C21H23BrN2O2. The van der Waals surface area contributed by atoms with Crippen molar-refractivity contribution in [1.29, 1.82) is 0 Å². The molecule has 0 amide bonds. The van der Waals surface area contributed by atoms with Gasteiger partial charge in [0.1, 0.15) is 5.75 Å². The first kappa shape index (κ1) is 18.6. The van der Waals surface area contributed by atoms with Crippen molar-refractivity contribution in [3.8, 4) is 28.6 Å². The van der Waals surface area contributed by atoms with Crippen LogP contribution in [0.4, 0.5) is 0 Å². The van der Waals surface area contributed by atoms with E-state index >= 15 is 0 Å². The highest BCUT2D eigenvalue weighted by atomic mass is 79.9. The van der Waals surface area contributed by atoms with Crippen molar-refractivity contribution < 1.29 is 9.26 Å². The van der Waals surface area contributed by atoms with Crippen molar-refractivity contribution in [2.45, 2.75) is 39.0 Å². The lowest BCUT2D eigenvalue weighted by Gasteiger charge is -2.06. The van der Waals surface area contributed by atoms with Crippen molar-refractivity contribution in [3.05, 3.63) is 53.0 Å². The summed E-state index contributed by atoms with van der Waals surface area (Å²) in [4.78, 5) is 4.48. The van der Waals surface area contributed by atoms with Crippen LogP contribution in [0.2, 0.25) is 0 Å². The molecule has 26 heavy (non-hydrogen) atoms.